The highest BCUT2D eigenvalue weighted by atomic mass is 35.5. The van der Waals surface area contributed by atoms with E-state index in [2.05, 4.69) is 15.1 Å². The van der Waals surface area contributed by atoms with E-state index in [1.54, 1.807) is 18.3 Å². The molecule has 3 aromatic rings. The number of hydrogen-bond donors (Lipinski definition) is 0. The maximum Gasteiger partial charge on any atom is 0.429 e. The fourth-order valence-corrected chi connectivity index (χ4v) is 2.28. The molecule has 0 saturated carbocycles. The van der Waals surface area contributed by atoms with E-state index in [9.17, 15) is 13.2 Å². The van der Waals surface area contributed by atoms with Crippen LogP contribution in [0.15, 0.2) is 55.0 Å². The lowest BCUT2D eigenvalue weighted by Gasteiger charge is -2.23. The van der Waals surface area contributed by atoms with Crippen molar-refractivity contribution in [1.82, 2.24) is 19.7 Å². The van der Waals surface area contributed by atoms with Gasteiger partial charge in [-0.05, 0) is 23.7 Å². The highest BCUT2D eigenvalue weighted by molar-refractivity contribution is 6.28. The first-order valence-electron chi connectivity index (χ1n) is 6.76. The molecular weight excluding hydrogens is 345 g/mol. The number of nitrogens with zero attached hydrogens (tertiary/aromatic N) is 4. The summed E-state index contributed by atoms with van der Waals surface area (Å²) >= 11 is 5.60. The van der Waals surface area contributed by atoms with Gasteiger partial charge in [0, 0.05) is 30.2 Å². The molecule has 24 heavy (non-hydrogen) atoms. The van der Waals surface area contributed by atoms with Gasteiger partial charge in [0.25, 0.3) is 0 Å². The van der Waals surface area contributed by atoms with Crippen molar-refractivity contribution in [2.75, 3.05) is 0 Å². The molecule has 0 bridgehead atoms. The number of para-hydroxylation sites is 1. The van der Waals surface area contributed by atoms with E-state index in [1.165, 1.54) is 41.3 Å². The van der Waals surface area contributed by atoms with Crippen molar-refractivity contribution in [2.45, 2.75) is 12.3 Å². The zero-order chi connectivity index (χ0) is 17.2. The molecule has 9 heteroatoms. The molecule has 2 heterocycles. The molecule has 0 radical (unpaired) electrons. The minimum Gasteiger partial charge on any atom is -0.459 e. The molecule has 0 aliphatic heterocycles. The number of halogens is 4. The van der Waals surface area contributed by atoms with Crippen LogP contribution < -0.4 is 4.74 Å². The molecule has 124 valence electrons. The van der Waals surface area contributed by atoms with Crippen LogP contribution in [0.25, 0.3) is 5.69 Å². The average molecular weight is 355 g/mol. The number of aromatic nitrogens is 4. The second kappa shape index (κ2) is 6.48. The van der Waals surface area contributed by atoms with Crippen molar-refractivity contribution in [3.63, 3.8) is 0 Å². The molecule has 0 spiro atoms. The lowest BCUT2D eigenvalue weighted by molar-refractivity contribution is -0.198. The fraction of sp³-hybridized carbons (Fsp3) is 0.133. The Bertz CT molecular complexity index is 824. The summed E-state index contributed by atoms with van der Waals surface area (Å²) < 4.78 is 47.2. The SMILES string of the molecule is FC(F)(F)C(Oc1ccnc(Cl)n1)c1ccccc1-n1cccn1. The molecule has 0 aliphatic rings. The third kappa shape index (κ3) is 3.48. The van der Waals surface area contributed by atoms with Crippen LogP contribution >= 0.6 is 11.6 Å². The van der Waals surface area contributed by atoms with Gasteiger partial charge in [0.2, 0.25) is 17.3 Å². The van der Waals surface area contributed by atoms with E-state index in [1.807, 2.05) is 0 Å². The number of alkyl halides is 3. The van der Waals surface area contributed by atoms with Crippen LogP contribution in [-0.2, 0) is 0 Å². The van der Waals surface area contributed by atoms with E-state index < -0.39 is 12.3 Å². The third-order valence-electron chi connectivity index (χ3n) is 3.11. The van der Waals surface area contributed by atoms with Crippen LogP contribution in [-0.4, -0.2) is 25.9 Å². The molecule has 1 aromatic carbocycles. The molecule has 2 aromatic heterocycles. The zero-order valence-corrected chi connectivity index (χ0v) is 12.7. The Balaban J connectivity index is 2.05. The molecule has 0 amide bonds. The van der Waals surface area contributed by atoms with Gasteiger partial charge in [-0.3, -0.25) is 0 Å². The summed E-state index contributed by atoms with van der Waals surface area (Å²) in [5.41, 5.74) is 0.161. The van der Waals surface area contributed by atoms with Gasteiger partial charge in [0.15, 0.2) is 0 Å². The Hall–Kier alpha value is -2.61. The third-order valence-corrected chi connectivity index (χ3v) is 3.29. The smallest absolute Gasteiger partial charge is 0.429 e. The zero-order valence-electron chi connectivity index (χ0n) is 12.0. The summed E-state index contributed by atoms with van der Waals surface area (Å²) in [7, 11) is 0. The summed E-state index contributed by atoms with van der Waals surface area (Å²) in [6, 6.07) is 8.80. The van der Waals surface area contributed by atoms with Crippen LogP contribution in [0.4, 0.5) is 13.2 Å². The van der Waals surface area contributed by atoms with Gasteiger partial charge >= 0.3 is 6.18 Å². The van der Waals surface area contributed by atoms with Gasteiger partial charge in [0.05, 0.1) is 5.69 Å². The van der Waals surface area contributed by atoms with Gasteiger partial charge in [-0.2, -0.15) is 23.3 Å². The molecule has 5 nitrogen and oxygen atoms in total. The first-order chi connectivity index (χ1) is 11.4. The maximum absolute atomic E-state index is 13.6. The number of ether oxygens (including phenoxy) is 1. The minimum atomic E-state index is -4.67. The highest BCUT2D eigenvalue weighted by Crippen LogP contribution is 2.38. The molecule has 0 aliphatic carbocycles. The quantitative estimate of drug-likeness (QED) is 0.665. The molecule has 0 N–H and O–H groups in total. The second-order valence-corrected chi connectivity index (χ2v) is 5.05. The van der Waals surface area contributed by atoms with Crippen molar-refractivity contribution in [3.8, 4) is 11.6 Å². The predicted molar refractivity (Wildman–Crippen MR) is 80.0 cm³/mol. The first kappa shape index (κ1) is 16.3. The van der Waals surface area contributed by atoms with E-state index in [0.29, 0.717) is 0 Å². The van der Waals surface area contributed by atoms with Crippen LogP contribution in [0, 0.1) is 0 Å². The number of rotatable bonds is 4. The average Bonchev–Trinajstić information content (AvgIpc) is 3.06. The summed E-state index contributed by atoms with van der Waals surface area (Å²) in [4.78, 5) is 7.27. The normalized spacial score (nSPS) is 12.8. The van der Waals surface area contributed by atoms with E-state index in [-0.39, 0.29) is 22.4 Å². The summed E-state index contributed by atoms with van der Waals surface area (Å²) in [5, 5.41) is 3.78. The van der Waals surface area contributed by atoms with Gasteiger partial charge in [-0.15, -0.1) is 0 Å². The van der Waals surface area contributed by atoms with Gasteiger partial charge in [-0.1, -0.05) is 18.2 Å². The summed E-state index contributed by atoms with van der Waals surface area (Å²) in [5.74, 6) is -0.271. The molecule has 1 atom stereocenters. The van der Waals surface area contributed by atoms with Gasteiger partial charge < -0.3 is 4.74 Å². The van der Waals surface area contributed by atoms with Crippen LogP contribution in [0.1, 0.15) is 11.7 Å². The number of hydrogen-bond acceptors (Lipinski definition) is 4. The first-order valence-corrected chi connectivity index (χ1v) is 7.14. The van der Waals surface area contributed by atoms with Crippen molar-refractivity contribution < 1.29 is 17.9 Å². The van der Waals surface area contributed by atoms with Crippen LogP contribution in [0.5, 0.6) is 5.88 Å². The van der Waals surface area contributed by atoms with Crippen molar-refractivity contribution in [2.24, 2.45) is 0 Å². The van der Waals surface area contributed by atoms with Gasteiger partial charge in [-0.25, -0.2) is 9.67 Å². The van der Waals surface area contributed by atoms with Crippen LogP contribution in [0.2, 0.25) is 5.28 Å². The van der Waals surface area contributed by atoms with E-state index in [0.717, 1.165) is 0 Å². The molecule has 3 rings (SSSR count). The van der Waals surface area contributed by atoms with Crippen molar-refractivity contribution >= 4 is 11.6 Å². The largest absolute Gasteiger partial charge is 0.459 e. The predicted octanol–water partition coefficient (Wildman–Crippen LogP) is 4.00. The fourth-order valence-electron chi connectivity index (χ4n) is 2.14. The molecule has 1 unspecified atom stereocenters. The second-order valence-electron chi connectivity index (χ2n) is 4.71. The van der Waals surface area contributed by atoms with E-state index >= 15 is 0 Å². The maximum atomic E-state index is 13.6. The Morgan fingerprint density at radius 3 is 2.54 bits per heavy atom. The number of benzene rings is 1. The van der Waals surface area contributed by atoms with Crippen molar-refractivity contribution in [3.05, 3.63) is 65.8 Å². The Kier molecular flexibility index (Phi) is 4.39. The van der Waals surface area contributed by atoms with E-state index in [4.69, 9.17) is 16.3 Å². The Morgan fingerprint density at radius 1 is 1.08 bits per heavy atom. The Morgan fingerprint density at radius 2 is 1.88 bits per heavy atom. The highest BCUT2D eigenvalue weighted by Gasteiger charge is 2.44. The minimum absolute atomic E-state index is 0.0940. The summed E-state index contributed by atoms with van der Waals surface area (Å²) in [6.45, 7) is 0. The van der Waals surface area contributed by atoms with Gasteiger partial charge in [0.1, 0.15) is 0 Å². The molecule has 0 saturated heterocycles. The van der Waals surface area contributed by atoms with Crippen LogP contribution in [0.3, 0.4) is 0 Å². The topological polar surface area (TPSA) is 52.8 Å². The molecule has 0 fully saturated rings. The van der Waals surface area contributed by atoms with Crippen molar-refractivity contribution in [1.29, 1.82) is 0 Å². The molecular formula is C15H10ClF3N4O. The standard InChI is InChI=1S/C15H10ClF3N4O/c16-14-20-8-6-12(22-14)24-13(15(17,18)19)10-4-1-2-5-11(10)23-9-3-7-21-23/h1-9,13H. The monoisotopic (exact) mass is 354 g/mol. The summed E-state index contributed by atoms with van der Waals surface area (Å²) in [6.07, 6.45) is -2.65. The lowest BCUT2D eigenvalue weighted by atomic mass is 10.1. The Labute approximate surface area is 139 Å². The lowest BCUT2D eigenvalue weighted by Crippen LogP contribution is -2.27.